The molecule has 6 nitrogen and oxygen atoms in total. The second-order valence-electron chi connectivity index (χ2n) is 5.92. The van der Waals surface area contributed by atoms with E-state index in [1.54, 1.807) is 6.92 Å². The maximum absolute atomic E-state index is 12.8. The summed E-state index contributed by atoms with van der Waals surface area (Å²) >= 11 is 0. The molecule has 1 aliphatic rings. The third-order valence-electron chi connectivity index (χ3n) is 4.03. The molecule has 0 radical (unpaired) electrons. The van der Waals surface area contributed by atoms with Crippen LogP contribution in [0.25, 0.3) is 0 Å². The van der Waals surface area contributed by atoms with E-state index in [1.807, 2.05) is 0 Å². The predicted molar refractivity (Wildman–Crippen MR) is 91.2 cm³/mol. The van der Waals surface area contributed by atoms with E-state index >= 15 is 0 Å². The molecule has 1 aromatic carbocycles. The number of benzene rings is 1. The van der Waals surface area contributed by atoms with Gasteiger partial charge in [-0.1, -0.05) is 0 Å². The Balaban J connectivity index is 1.80. The van der Waals surface area contributed by atoms with Crippen LogP contribution in [0, 0.1) is 11.7 Å². The summed E-state index contributed by atoms with van der Waals surface area (Å²) in [5.74, 6) is -0.625. The highest BCUT2D eigenvalue weighted by molar-refractivity contribution is 7.89. The Labute approximate surface area is 148 Å². The minimum atomic E-state index is -3.44. The maximum atomic E-state index is 12.8. The molecule has 25 heavy (non-hydrogen) atoms. The summed E-state index contributed by atoms with van der Waals surface area (Å²) in [5, 5.41) is 0. The van der Waals surface area contributed by atoms with Gasteiger partial charge in [0, 0.05) is 13.1 Å². The Morgan fingerprint density at radius 2 is 2.04 bits per heavy atom. The molecular formula is C17H24FNO5S. The van der Waals surface area contributed by atoms with E-state index in [-0.39, 0.29) is 36.6 Å². The van der Waals surface area contributed by atoms with Gasteiger partial charge in [-0.05, 0) is 50.5 Å². The van der Waals surface area contributed by atoms with Gasteiger partial charge in [0.15, 0.2) is 0 Å². The molecule has 1 aromatic rings. The second-order valence-corrected chi connectivity index (χ2v) is 8.01. The van der Waals surface area contributed by atoms with Gasteiger partial charge in [-0.2, -0.15) is 0 Å². The summed E-state index contributed by atoms with van der Waals surface area (Å²) in [4.78, 5) is 11.8. The molecule has 0 amide bonds. The van der Waals surface area contributed by atoms with E-state index in [0.717, 1.165) is 0 Å². The normalized spacial score (nSPS) is 18.7. The van der Waals surface area contributed by atoms with Crippen LogP contribution in [0.1, 0.15) is 26.2 Å². The van der Waals surface area contributed by atoms with Crippen molar-refractivity contribution in [2.75, 3.05) is 32.1 Å². The van der Waals surface area contributed by atoms with Crippen molar-refractivity contribution in [1.82, 2.24) is 4.31 Å². The van der Waals surface area contributed by atoms with Gasteiger partial charge in [-0.25, -0.2) is 17.1 Å². The first-order valence-corrected chi connectivity index (χ1v) is 10.1. The average molecular weight is 373 g/mol. The van der Waals surface area contributed by atoms with Crippen molar-refractivity contribution >= 4 is 16.0 Å². The average Bonchev–Trinajstić information content (AvgIpc) is 2.60. The molecule has 2 rings (SSSR count). The van der Waals surface area contributed by atoms with Crippen LogP contribution in [0.4, 0.5) is 4.39 Å². The van der Waals surface area contributed by atoms with Gasteiger partial charge in [-0.3, -0.25) is 4.79 Å². The molecule has 0 aliphatic carbocycles. The molecule has 0 spiro atoms. The summed E-state index contributed by atoms with van der Waals surface area (Å²) < 4.78 is 49.4. The molecule has 0 unspecified atom stereocenters. The number of rotatable bonds is 8. The second kappa shape index (κ2) is 9.15. The van der Waals surface area contributed by atoms with E-state index in [0.29, 0.717) is 38.2 Å². The lowest BCUT2D eigenvalue weighted by Gasteiger charge is -2.30. The number of esters is 1. The monoisotopic (exact) mass is 373 g/mol. The van der Waals surface area contributed by atoms with E-state index < -0.39 is 10.0 Å². The lowest BCUT2D eigenvalue weighted by atomic mass is 10.0. The maximum Gasteiger partial charge on any atom is 0.310 e. The van der Waals surface area contributed by atoms with Crippen LogP contribution in [-0.2, 0) is 19.6 Å². The third-order valence-corrected chi connectivity index (χ3v) is 5.95. The highest BCUT2D eigenvalue weighted by Crippen LogP contribution is 2.21. The minimum Gasteiger partial charge on any atom is -0.494 e. The highest BCUT2D eigenvalue weighted by Gasteiger charge is 2.32. The smallest absolute Gasteiger partial charge is 0.310 e. The first kappa shape index (κ1) is 19.7. The van der Waals surface area contributed by atoms with E-state index in [9.17, 15) is 17.6 Å². The van der Waals surface area contributed by atoms with Crippen molar-refractivity contribution in [3.8, 4) is 5.75 Å². The number of nitrogens with zero attached hydrogens (tertiary/aromatic N) is 1. The third kappa shape index (κ3) is 5.97. The van der Waals surface area contributed by atoms with Crippen LogP contribution in [0.3, 0.4) is 0 Å². The van der Waals surface area contributed by atoms with E-state index in [2.05, 4.69) is 0 Å². The minimum absolute atomic E-state index is 0.0518. The summed E-state index contributed by atoms with van der Waals surface area (Å²) in [5.41, 5.74) is 0. The first-order chi connectivity index (χ1) is 11.9. The van der Waals surface area contributed by atoms with Gasteiger partial charge >= 0.3 is 5.97 Å². The predicted octanol–water partition coefficient (Wildman–Crippen LogP) is 2.20. The Kier molecular flexibility index (Phi) is 7.19. The SMILES string of the molecule is CCOC(=O)[C@H]1CCCN(S(=O)(=O)CCCOc2ccc(F)cc2)C1. The number of carbonyl (C=O) groups excluding carboxylic acids is 1. The van der Waals surface area contributed by atoms with Gasteiger partial charge in [0.2, 0.25) is 10.0 Å². The van der Waals surface area contributed by atoms with Crippen LogP contribution >= 0.6 is 0 Å². The fourth-order valence-corrected chi connectivity index (χ4v) is 4.29. The van der Waals surface area contributed by atoms with Crippen molar-refractivity contribution in [3.05, 3.63) is 30.1 Å². The van der Waals surface area contributed by atoms with Crippen LogP contribution in [-0.4, -0.2) is 50.7 Å². The van der Waals surface area contributed by atoms with Gasteiger partial charge in [0.1, 0.15) is 11.6 Å². The molecule has 0 N–H and O–H groups in total. The zero-order valence-corrected chi connectivity index (χ0v) is 15.1. The van der Waals surface area contributed by atoms with Crippen LogP contribution in [0.15, 0.2) is 24.3 Å². The number of sulfonamides is 1. The molecule has 1 aliphatic heterocycles. The van der Waals surface area contributed by atoms with Gasteiger partial charge in [-0.15, -0.1) is 0 Å². The molecule has 140 valence electrons. The zero-order chi connectivity index (χ0) is 18.3. The molecule has 8 heteroatoms. The van der Waals surface area contributed by atoms with Gasteiger partial charge in [0.25, 0.3) is 0 Å². The van der Waals surface area contributed by atoms with Crippen molar-refractivity contribution in [2.45, 2.75) is 26.2 Å². The van der Waals surface area contributed by atoms with Gasteiger partial charge < -0.3 is 9.47 Å². The molecule has 1 heterocycles. The number of hydrogen-bond acceptors (Lipinski definition) is 5. The fourth-order valence-electron chi connectivity index (χ4n) is 2.74. The lowest BCUT2D eigenvalue weighted by molar-refractivity contribution is -0.149. The van der Waals surface area contributed by atoms with Crippen LogP contribution < -0.4 is 4.74 Å². The fraction of sp³-hybridized carbons (Fsp3) is 0.588. The molecule has 0 bridgehead atoms. The first-order valence-electron chi connectivity index (χ1n) is 8.45. The number of ether oxygens (including phenoxy) is 2. The van der Waals surface area contributed by atoms with Crippen LogP contribution in [0.2, 0.25) is 0 Å². The number of piperidine rings is 1. The molecule has 0 saturated carbocycles. The summed E-state index contributed by atoms with van der Waals surface area (Å²) in [6, 6.07) is 5.57. The zero-order valence-electron chi connectivity index (χ0n) is 14.3. The van der Waals surface area contributed by atoms with E-state index in [4.69, 9.17) is 9.47 Å². The Bertz CT molecular complexity index is 662. The molecular weight excluding hydrogens is 349 g/mol. The van der Waals surface area contributed by atoms with Crippen LogP contribution in [0.5, 0.6) is 5.75 Å². The standard InChI is InChI=1S/C17H24FNO5S/c1-2-23-17(20)14-5-3-10-19(13-14)25(21,22)12-4-11-24-16-8-6-15(18)7-9-16/h6-9,14H,2-5,10-13H2,1H3/t14-/m0/s1. The van der Waals surface area contributed by atoms with Crippen molar-refractivity contribution in [1.29, 1.82) is 0 Å². The summed E-state index contributed by atoms with van der Waals surface area (Å²) in [6.45, 7) is 2.86. The number of carbonyl (C=O) groups is 1. The Morgan fingerprint density at radius 1 is 1.32 bits per heavy atom. The van der Waals surface area contributed by atoms with E-state index in [1.165, 1.54) is 28.6 Å². The summed E-state index contributed by atoms with van der Waals surface area (Å²) in [7, 11) is -3.44. The number of halogens is 1. The van der Waals surface area contributed by atoms with Crippen molar-refractivity contribution in [3.63, 3.8) is 0 Å². The molecule has 1 saturated heterocycles. The van der Waals surface area contributed by atoms with Crippen molar-refractivity contribution in [2.24, 2.45) is 5.92 Å². The Morgan fingerprint density at radius 3 is 2.72 bits per heavy atom. The quantitative estimate of drug-likeness (QED) is 0.516. The lowest BCUT2D eigenvalue weighted by Crippen LogP contribution is -2.43. The van der Waals surface area contributed by atoms with Crippen molar-refractivity contribution < 1.29 is 27.1 Å². The molecule has 1 fully saturated rings. The molecule has 1 atom stereocenters. The van der Waals surface area contributed by atoms with Gasteiger partial charge in [0.05, 0.1) is 24.9 Å². The largest absolute Gasteiger partial charge is 0.494 e. The topological polar surface area (TPSA) is 72.9 Å². The Hall–Kier alpha value is -1.67. The highest BCUT2D eigenvalue weighted by atomic mass is 32.2. The number of hydrogen-bond donors (Lipinski definition) is 0. The summed E-state index contributed by atoms with van der Waals surface area (Å²) in [6.07, 6.45) is 1.62. The molecule has 0 aromatic heterocycles.